The van der Waals surface area contributed by atoms with Crippen molar-refractivity contribution in [1.82, 2.24) is 0 Å². The maximum atomic E-state index is 10.6. The lowest BCUT2D eigenvalue weighted by Gasteiger charge is -2.08. The fraction of sp³-hybridized carbons (Fsp3) is 0.500. The minimum Gasteiger partial charge on any atom is -0.493 e. The van der Waals surface area contributed by atoms with Gasteiger partial charge in [0.2, 0.25) is 0 Å². The number of ether oxygens (including phenoxy) is 1. The Morgan fingerprint density at radius 1 is 1.35 bits per heavy atom. The van der Waals surface area contributed by atoms with Crippen molar-refractivity contribution in [3.05, 3.63) is 33.9 Å². The van der Waals surface area contributed by atoms with Crippen LogP contribution in [0.4, 0.5) is 5.69 Å². The van der Waals surface area contributed by atoms with Crippen molar-refractivity contribution in [3.63, 3.8) is 0 Å². The van der Waals surface area contributed by atoms with Gasteiger partial charge in [-0.2, -0.15) is 0 Å². The lowest BCUT2D eigenvalue weighted by atomic mass is 10.2. The van der Waals surface area contributed by atoms with Crippen LogP contribution in [0.3, 0.4) is 0 Å². The normalized spacial score (nSPS) is 10.2. The fourth-order valence-electron chi connectivity index (χ4n) is 1.46. The van der Waals surface area contributed by atoms with Crippen LogP contribution in [0, 0.1) is 17.0 Å². The molecule has 1 rings (SSSR count). The van der Waals surface area contributed by atoms with Crippen LogP contribution < -0.4 is 4.74 Å². The third-order valence-electron chi connectivity index (χ3n) is 2.40. The van der Waals surface area contributed by atoms with Crippen molar-refractivity contribution in [2.45, 2.75) is 26.2 Å². The summed E-state index contributed by atoms with van der Waals surface area (Å²) >= 11 is 3.37. The van der Waals surface area contributed by atoms with Crippen LogP contribution in [0.15, 0.2) is 18.2 Å². The van der Waals surface area contributed by atoms with Gasteiger partial charge in [-0.3, -0.25) is 10.1 Å². The molecule has 0 aromatic heterocycles. The molecule has 0 bridgehead atoms. The van der Waals surface area contributed by atoms with Crippen LogP contribution in [0.5, 0.6) is 5.75 Å². The summed E-state index contributed by atoms with van der Waals surface area (Å²) in [6.45, 7) is 2.48. The van der Waals surface area contributed by atoms with E-state index in [0.29, 0.717) is 6.61 Å². The molecule has 0 N–H and O–H groups in total. The average Bonchev–Trinajstić information content (AvgIpc) is 2.30. The SMILES string of the molecule is Cc1cc([N+](=O)[O-])ccc1OCCCCCBr. The van der Waals surface area contributed by atoms with Crippen molar-refractivity contribution in [3.8, 4) is 5.75 Å². The van der Waals surface area contributed by atoms with Crippen LogP contribution in [0.1, 0.15) is 24.8 Å². The minimum atomic E-state index is -0.396. The number of benzene rings is 1. The topological polar surface area (TPSA) is 52.4 Å². The maximum Gasteiger partial charge on any atom is 0.269 e. The molecule has 0 saturated carbocycles. The molecule has 0 heterocycles. The van der Waals surface area contributed by atoms with Crippen molar-refractivity contribution in [1.29, 1.82) is 0 Å². The first kappa shape index (κ1) is 14.0. The van der Waals surface area contributed by atoms with Gasteiger partial charge < -0.3 is 4.74 Å². The molecule has 0 atom stereocenters. The van der Waals surface area contributed by atoms with Gasteiger partial charge in [0.25, 0.3) is 5.69 Å². The molecule has 94 valence electrons. The van der Waals surface area contributed by atoms with Gasteiger partial charge in [-0.05, 0) is 37.8 Å². The highest BCUT2D eigenvalue weighted by atomic mass is 79.9. The average molecular weight is 302 g/mol. The Labute approximate surface area is 109 Å². The Kier molecular flexibility index (Phi) is 5.97. The molecule has 17 heavy (non-hydrogen) atoms. The summed E-state index contributed by atoms with van der Waals surface area (Å²) < 4.78 is 5.58. The smallest absolute Gasteiger partial charge is 0.269 e. The van der Waals surface area contributed by atoms with E-state index in [1.165, 1.54) is 12.1 Å². The van der Waals surface area contributed by atoms with E-state index in [9.17, 15) is 10.1 Å². The van der Waals surface area contributed by atoms with Gasteiger partial charge in [-0.25, -0.2) is 0 Å². The zero-order chi connectivity index (χ0) is 12.7. The van der Waals surface area contributed by atoms with Crippen LogP contribution in [-0.4, -0.2) is 16.9 Å². The number of nitro groups is 1. The van der Waals surface area contributed by atoms with Crippen molar-refractivity contribution < 1.29 is 9.66 Å². The largest absolute Gasteiger partial charge is 0.493 e. The van der Waals surface area contributed by atoms with Gasteiger partial charge in [-0.1, -0.05) is 15.9 Å². The standard InChI is InChI=1S/C12H16BrNO3/c1-10-9-11(14(15)16)5-6-12(10)17-8-4-2-3-7-13/h5-6,9H,2-4,7-8H2,1H3. The first-order valence-electron chi connectivity index (χ1n) is 5.59. The number of rotatable bonds is 7. The molecule has 0 unspecified atom stereocenters. The fourth-order valence-corrected chi connectivity index (χ4v) is 1.86. The van der Waals surface area contributed by atoms with Crippen LogP contribution >= 0.6 is 15.9 Å². The number of nitro benzene ring substituents is 1. The molecule has 1 aromatic rings. The molecule has 0 saturated heterocycles. The highest BCUT2D eigenvalue weighted by Gasteiger charge is 2.08. The van der Waals surface area contributed by atoms with E-state index in [0.717, 1.165) is 35.9 Å². The maximum absolute atomic E-state index is 10.6. The van der Waals surface area contributed by atoms with E-state index in [-0.39, 0.29) is 5.69 Å². The summed E-state index contributed by atoms with van der Waals surface area (Å²) in [7, 11) is 0. The van der Waals surface area contributed by atoms with Crippen molar-refractivity contribution >= 4 is 21.6 Å². The summed E-state index contributed by atoms with van der Waals surface area (Å²) in [5.74, 6) is 0.731. The minimum absolute atomic E-state index is 0.106. The first-order valence-corrected chi connectivity index (χ1v) is 6.71. The Balaban J connectivity index is 2.46. The van der Waals surface area contributed by atoms with Gasteiger partial charge in [0.1, 0.15) is 5.75 Å². The molecule has 0 radical (unpaired) electrons. The van der Waals surface area contributed by atoms with E-state index >= 15 is 0 Å². The molecule has 0 spiro atoms. The van der Waals surface area contributed by atoms with E-state index in [2.05, 4.69) is 15.9 Å². The zero-order valence-electron chi connectivity index (χ0n) is 9.82. The van der Waals surface area contributed by atoms with Gasteiger partial charge >= 0.3 is 0 Å². The Bertz CT molecular complexity index is 382. The highest BCUT2D eigenvalue weighted by molar-refractivity contribution is 9.09. The quantitative estimate of drug-likeness (QED) is 0.333. The van der Waals surface area contributed by atoms with Crippen LogP contribution in [-0.2, 0) is 0 Å². The summed E-state index contributed by atoms with van der Waals surface area (Å²) in [6, 6.07) is 4.67. The number of aryl methyl sites for hydroxylation is 1. The number of unbranched alkanes of at least 4 members (excludes halogenated alkanes) is 2. The molecular formula is C12H16BrNO3. The van der Waals surface area contributed by atoms with E-state index in [1.54, 1.807) is 6.07 Å². The summed E-state index contributed by atoms with van der Waals surface area (Å²) in [6.07, 6.45) is 3.27. The van der Waals surface area contributed by atoms with Crippen LogP contribution in [0.2, 0.25) is 0 Å². The monoisotopic (exact) mass is 301 g/mol. The number of hydrogen-bond acceptors (Lipinski definition) is 3. The predicted octanol–water partition coefficient (Wildman–Crippen LogP) is 3.85. The number of hydrogen-bond donors (Lipinski definition) is 0. The molecule has 0 fully saturated rings. The molecular weight excluding hydrogens is 286 g/mol. The van der Waals surface area contributed by atoms with Crippen molar-refractivity contribution in [2.24, 2.45) is 0 Å². The summed E-state index contributed by atoms with van der Waals surface area (Å²) in [4.78, 5) is 10.2. The van der Waals surface area contributed by atoms with Gasteiger partial charge in [0, 0.05) is 17.5 Å². The summed E-state index contributed by atoms with van der Waals surface area (Å²) in [5.41, 5.74) is 0.911. The first-order chi connectivity index (χ1) is 8.15. The Hall–Kier alpha value is -1.10. The Morgan fingerprint density at radius 2 is 2.12 bits per heavy atom. The molecule has 0 aliphatic heterocycles. The number of non-ortho nitro benzene ring substituents is 1. The van der Waals surface area contributed by atoms with Crippen molar-refractivity contribution in [2.75, 3.05) is 11.9 Å². The molecule has 0 aliphatic rings. The lowest BCUT2D eigenvalue weighted by molar-refractivity contribution is -0.384. The number of halogens is 1. The predicted molar refractivity (Wildman–Crippen MR) is 71.0 cm³/mol. The molecule has 0 amide bonds. The molecule has 0 aliphatic carbocycles. The second-order valence-corrected chi connectivity index (χ2v) is 4.60. The highest BCUT2D eigenvalue weighted by Crippen LogP contribution is 2.23. The Morgan fingerprint density at radius 3 is 2.71 bits per heavy atom. The van der Waals surface area contributed by atoms with E-state index < -0.39 is 4.92 Å². The molecule has 5 heteroatoms. The van der Waals surface area contributed by atoms with Gasteiger partial charge in [-0.15, -0.1) is 0 Å². The van der Waals surface area contributed by atoms with E-state index in [1.807, 2.05) is 6.92 Å². The number of alkyl halides is 1. The van der Waals surface area contributed by atoms with E-state index in [4.69, 9.17) is 4.74 Å². The number of nitrogens with zero attached hydrogens (tertiary/aromatic N) is 1. The molecule has 1 aromatic carbocycles. The second kappa shape index (κ2) is 7.27. The van der Waals surface area contributed by atoms with Gasteiger partial charge in [0.15, 0.2) is 0 Å². The second-order valence-electron chi connectivity index (χ2n) is 3.81. The molecule has 4 nitrogen and oxygen atoms in total. The third-order valence-corrected chi connectivity index (χ3v) is 2.97. The summed E-state index contributed by atoms with van der Waals surface area (Å²) in [5, 5.41) is 11.6. The lowest BCUT2D eigenvalue weighted by Crippen LogP contribution is -1.99. The third kappa shape index (κ3) is 4.73. The van der Waals surface area contributed by atoms with Gasteiger partial charge in [0.05, 0.1) is 11.5 Å². The van der Waals surface area contributed by atoms with Crippen LogP contribution in [0.25, 0.3) is 0 Å². The zero-order valence-corrected chi connectivity index (χ0v) is 11.4.